The molecule has 0 heteroatoms. The number of hydrogen-bond acceptors (Lipinski definition) is 0. The number of hydrogen-bond donors (Lipinski definition) is 0. The van der Waals surface area contributed by atoms with Crippen LogP contribution in [0.4, 0.5) is 0 Å². The standard InChI is InChI=1S/C49H40/c1-3-9-30(10-4-1)32-13-7-15-34(23-32)36-17-19-39-38-21-22-40(38)44-27-49-47(29-46(44)42(39)25-36)43-26-37(18-20-41(43)45-28-48(45)49)35-16-8-14-33(24-35)31-11-5-2-6-12-31/h1-20,23-24,26-27,29,36,38,40,44-46,48H,21-22,25,28H2/t36?,38?,40?,44?,45?,46?,48-/m0/s1. The minimum absolute atomic E-state index is 0.429. The molecule has 0 spiro atoms. The molecule has 2 fully saturated rings. The van der Waals surface area contributed by atoms with Crippen molar-refractivity contribution in [2.75, 3.05) is 0 Å². The van der Waals surface area contributed by atoms with Crippen LogP contribution in [-0.4, -0.2) is 0 Å². The van der Waals surface area contributed by atoms with Crippen molar-refractivity contribution in [2.24, 2.45) is 29.6 Å². The molecule has 236 valence electrons. The van der Waals surface area contributed by atoms with Crippen molar-refractivity contribution in [1.29, 1.82) is 0 Å². The first-order valence-corrected chi connectivity index (χ1v) is 18.6. The molecule has 0 aliphatic heterocycles. The molecule has 0 amide bonds. The lowest BCUT2D eigenvalue weighted by Gasteiger charge is -2.53. The monoisotopic (exact) mass is 628 g/mol. The van der Waals surface area contributed by atoms with Crippen molar-refractivity contribution in [1.82, 2.24) is 0 Å². The number of benzene rings is 5. The number of rotatable bonds is 4. The normalized spacial score (nSPS) is 28.4. The first-order chi connectivity index (χ1) is 24.3. The van der Waals surface area contributed by atoms with E-state index in [4.69, 9.17) is 0 Å². The zero-order valence-corrected chi connectivity index (χ0v) is 27.8. The molecular formula is C49H40. The summed E-state index contributed by atoms with van der Waals surface area (Å²) in [5.41, 5.74) is 19.0. The van der Waals surface area contributed by atoms with Gasteiger partial charge in [0.2, 0.25) is 0 Å². The highest BCUT2D eigenvalue weighted by Crippen LogP contribution is 2.65. The SMILES string of the molecule is C1=CC(c2cccc(-c3ccccc3)c2)CC2=C1C1CCC1C1C=C3C(=CC21)c1cc(-c2cccc(-c4ccccc4)c2)ccc1C1C[C@H]31. The molecule has 5 aromatic rings. The molecule has 0 heterocycles. The summed E-state index contributed by atoms with van der Waals surface area (Å²) in [6, 6.07) is 47.5. The summed E-state index contributed by atoms with van der Waals surface area (Å²) in [6.07, 6.45) is 15.9. The molecular weight excluding hydrogens is 589 g/mol. The minimum Gasteiger partial charge on any atom is -0.0764 e. The Kier molecular flexibility index (Phi) is 6.15. The first-order valence-electron chi connectivity index (χ1n) is 18.6. The van der Waals surface area contributed by atoms with Gasteiger partial charge in [0.1, 0.15) is 0 Å². The van der Waals surface area contributed by atoms with E-state index in [9.17, 15) is 0 Å². The van der Waals surface area contributed by atoms with Gasteiger partial charge in [-0.1, -0.05) is 145 Å². The third kappa shape index (κ3) is 4.43. The minimum atomic E-state index is 0.429. The van der Waals surface area contributed by atoms with Crippen LogP contribution in [0.1, 0.15) is 54.2 Å². The third-order valence-electron chi connectivity index (χ3n) is 13.0. The van der Waals surface area contributed by atoms with E-state index in [2.05, 4.69) is 152 Å². The van der Waals surface area contributed by atoms with Crippen molar-refractivity contribution in [3.05, 3.63) is 185 Å². The molecule has 5 aromatic carbocycles. The van der Waals surface area contributed by atoms with Gasteiger partial charge in [-0.05, 0) is 134 Å². The summed E-state index contributed by atoms with van der Waals surface area (Å²) in [6.45, 7) is 0. The van der Waals surface area contributed by atoms with Crippen molar-refractivity contribution >= 4 is 5.57 Å². The van der Waals surface area contributed by atoms with Gasteiger partial charge in [-0.15, -0.1) is 0 Å². The van der Waals surface area contributed by atoms with E-state index in [1.54, 1.807) is 27.9 Å². The average molecular weight is 629 g/mol. The van der Waals surface area contributed by atoms with Gasteiger partial charge in [0.25, 0.3) is 0 Å². The second-order valence-corrected chi connectivity index (χ2v) is 15.5. The third-order valence-corrected chi connectivity index (χ3v) is 13.0. The molecule has 7 atom stereocenters. The van der Waals surface area contributed by atoms with Crippen molar-refractivity contribution < 1.29 is 0 Å². The Balaban J connectivity index is 0.975. The van der Waals surface area contributed by atoms with E-state index < -0.39 is 0 Å². The first kappa shape index (κ1) is 28.0. The van der Waals surface area contributed by atoms with Crippen LogP contribution in [-0.2, 0) is 0 Å². The second kappa shape index (κ2) is 10.8. The van der Waals surface area contributed by atoms with E-state index >= 15 is 0 Å². The van der Waals surface area contributed by atoms with Gasteiger partial charge < -0.3 is 0 Å². The molecule has 49 heavy (non-hydrogen) atoms. The van der Waals surface area contributed by atoms with Crippen LogP contribution < -0.4 is 0 Å². The molecule has 0 N–H and O–H groups in total. The van der Waals surface area contributed by atoms with Crippen LogP contribution in [0.15, 0.2) is 168 Å². The Morgan fingerprint density at radius 3 is 1.98 bits per heavy atom. The van der Waals surface area contributed by atoms with Crippen LogP contribution in [0.5, 0.6) is 0 Å². The van der Waals surface area contributed by atoms with E-state index in [0.717, 1.165) is 24.2 Å². The molecule has 0 saturated heterocycles. The Bertz CT molecular complexity index is 2260. The van der Waals surface area contributed by atoms with E-state index in [1.807, 2.05) is 0 Å². The summed E-state index contributed by atoms with van der Waals surface area (Å²) in [4.78, 5) is 0. The Labute approximate surface area is 290 Å². The fourth-order valence-electron chi connectivity index (χ4n) is 10.4. The topological polar surface area (TPSA) is 0 Å². The van der Waals surface area contributed by atoms with Crippen molar-refractivity contribution in [3.63, 3.8) is 0 Å². The van der Waals surface area contributed by atoms with Crippen LogP contribution in [0.3, 0.4) is 0 Å². The highest BCUT2D eigenvalue weighted by Gasteiger charge is 2.53. The predicted molar refractivity (Wildman–Crippen MR) is 203 cm³/mol. The fourth-order valence-corrected chi connectivity index (χ4v) is 10.4. The number of allylic oxidation sites excluding steroid dienone is 8. The lowest BCUT2D eigenvalue weighted by atomic mass is 9.51. The van der Waals surface area contributed by atoms with Crippen LogP contribution >= 0.6 is 0 Å². The molecule has 6 unspecified atom stereocenters. The maximum Gasteiger partial charge on any atom is 0.00590 e. The van der Waals surface area contributed by atoms with E-state index in [1.165, 1.54) is 63.8 Å². The molecule has 0 nitrogen and oxygen atoms in total. The van der Waals surface area contributed by atoms with Gasteiger partial charge >= 0.3 is 0 Å². The molecule has 6 aliphatic rings. The fraction of sp³-hybridized carbons (Fsp3) is 0.224. The Morgan fingerprint density at radius 1 is 0.531 bits per heavy atom. The maximum atomic E-state index is 2.82. The largest absolute Gasteiger partial charge is 0.0764 e. The molecule has 0 bridgehead atoms. The summed E-state index contributed by atoms with van der Waals surface area (Å²) >= 11 is 0. The van der Waals surface area contributed by atoms with Crippen LogP contribution in [0.25, 0.3) is 39.0 Å². The van der Waals surface area contributed by atoms with Gasteiger partial charge in [0.05, 0.1) is 0 Å². The zero-order chi connectivity index (χ0) is 32.1. The van der Waals surface area contributed by atoms with Crippen molar-refractivity contribution in [3.8, 4) is 33.4 Å². The van der Waals surface area contributed by atoms with Gasteiger partial charge in [-0.25, -0.2) is 0 Å². The Morgan fingerprint density at radius 2 is 1.22 bits per heavy atom. The number of fused-ring (bicyclic) bond motifs is 11. The smallest absolute Gasteiger partial charge is 0.00590 e. The lowest BCUT2D eigenvalue weighted by molar-refractivity contribution is 0.121. The summed E-state index contributed by atoms with van der Waals surface area (Å²) in [5.74, 6) is 4.58. The average Bonchev–Trinajstić information content (AvgIpc) is 3.97. The van der Waals surface area contributed by atoms with Gasteiger partial charge in [-0.2, -0.15) is 0 Å². The zero-order valence-electron chi connectivity index (χ0n) is 27.8. The summed E-state index contributed by atoms with van der Waals surface area (Å²) < 4.78 is 0. The van der Waals surface area contributed by atoms with Crippen molar-refractivity contribution in [2.45, 2.75) is 37.5 Å². The highest BCUT2D eigenvalue weighted by molar-refractivity contribution is 5.89. The lowest BCUT2D eigenvalue weighted by Crippen LogP contribution is -2.43. The molecule has 11 rings (SSSR count). The Hall–Kier alpha value is -4.94. The van der Waals surface area contributed by atoms with Gasteiger partial charge in [-0.3, -0.25) is 0 Å². The molecule has 6 aliphatic carbocycles. The molecule has 2 saturated carbocycles. The van der Waals surface area contributed by atoms with Crippen LogP contribution in [0, 0.1) is 29.6 Å². The predicted octanol–water partition coefficient (Wildman–Crippen LogP) is 12.4. The van der Waals surface area contributed by atoms with Gasteiger partial charge in [0, 0.05) is 11.8 Å². The summed E-state index contributed by atoms with van der Waals surface area (Å²) in [7, 11) is 0. The van der Waals surface area contributed by atoms with Gasteiger partial charge in [0.15, 0.2) is 0 Å². The van der Waals surface area contributed by atoms with E-state index in [0.29, 0.717) is 23.7 Å². The quantitative estimate of drug-likeness (QED) is 0.186. The maximum absolute atomic E-state index is 2.82. The highest BCUT2D eigenvalue weighted by atomic mass is 14.6. The summed E-state index contributed by atoms with van der Waals surface area (Å²) in [5, 5.41) is 0. The molecule has 0 aromatic heterocycles. The van der Waals surface area contributed by atoms with Crippen LogP contribution in [0.2, 0.25) is 0 Å². The second-order valence-electron chi connectivity index (χ2n) is 15.5. The molecule has 0 radical (unpaired) electrons. The van der Waals surface area contributed by atoms with E-state index in [-0.39, 0.29) is 0 Å².